The summed E-state index contributed by atoms with van der Waals surface area (Å²) in [5, 5.41) is 10.0. The number of benzene rings is 1. The molecule has 0 aliphatic heterocycles. The topological polar surface area (TPSA) is 58.7 Å². The van der Waals surface area contributed by atoms with Crippen LogP contribution in [0.15, 0.2) is 24.3 Å². The van der Waals surface area contributed by atoms with Crippen LogP contribution in [0.2, 0.25) is 0 Å². The highest BCUT2D eigenvalue weighted by Crippen LogP contribution is 2.23. The number of aliphatic hydroxyl groups is 1. The smallest absolute Gasteiger partial charge is 0.129 e. The van der Waals surface area contributed by atoms with E-state index in [-0.39, 0.29) is 6.61 Å². The molecule has 1 unspecified atom stereocenters. The fourth-order valence-electron chi connectivity index (χ4n) is 2.34. The highest BCUT2D eigenvalue weighted by atomic mass is 32.1. The molecule has 4 nitrogen and oxygen atoms in total. The van der Waals surface area contributed by atoms with E-state index in [1.54, 1.807) is 0 Å². The molecule has 1 atom stereocenters. The van der Waals surface area contributed by atoms with Gasteiger partial charge in [0, 0.05) is 12.6 Å². The number of thiocarbonyl (C=S) groups is 1. The minimum atomic E-state index is -0.514. The SMILES string of the molecule is CN(CC(O)COc1ccccc1C(N)=S)C1CCC1. The highest BCUT2D eigenvalue weighted by Gasteiger charge is 2.23. The van der Waals surface area contributed by atoms with Gasteiger partial charge >= 0.3 is 0 Å². The number of nitrogens with zero attached hydrogens (tertiary/aromatic N) is 1. The Labute approximate surface area is 125 Å². The van der Waals surface area contributed by atoms with Crippen LogP contribution in [-0.4, -0.2) is 47.3 Å². The molecule has 1 aromatic rings. The third-order valence-electron chi connectivity index (χ3n) is 3.78. The summed E-state index contributed by atoms with van der Waals surface area (Å²) in [7, 11) is 2.05. The van der Waals surface area contributed by atoms with Crippen molar-refractivity contribution >= 4 is 17.2 Å². The maximum absolute atomic E-state index is 10.0. The monoisotopic (exact) mass is 294 g/mol. The highest BCUT2D eigenvalue weighted by molar-refractivity contribution is 7.80. The Morgan fingerprint density at radius 2 is 2.20 bits per heavy atom. The molecule has 0 aromatic heterocycles. The maximum Gasteiger partial charge on any atom is 0.129 e. The van der Waals surface area contributed by atoms with E-state index in [0.29, 0.717) is 28.9 Å². The largest absolute Gasteiger partial charge is 0.490 e. The first-order valence-electron chi connectivity index (χ1n) is 6.98. The van der Waals surface area contributed by atoms with E-state index in [9.17, 15) is 5.11 Å². The maximum atomic E-state index is 10.0. The van der Waals surface area contributed by atoms with Crippen molar-refractivity contribution in [2.24, 2.45) is 5.73 Å². The molecule has 110 valence electrons. The zero-order valence-electron chi connectivity index (χ0n) is 11.8. The molecule has 0 bridgehead atoms. The molecule has 0 heterocycles. The Hall–Kier alpha value is -1.17. The molecule has 1 saturated carbocycles. The molecule has 3 N–H and O–H groups in total. The van der Waals surface area contributed by atoms with Crippen molar-refractivity contribution in [3.8, 4) is 5.75 Å². The normalized spacial score (nSPS) is 16.8. The van der Waals surface area contributed by atoms with Crippen molar-refractivity contribution in [2.75, 3.05) is 20.2 Å². The van der Waals surface area contributed by atoms with Gasteiger partial charge in [-0.2, -0.15) is 0 Å². The van der Waals surface area contributed by atoms with Crippen molar-refractivity contribution in [3.63, 3.8) is 0 Å². The van der Waals surface area contributed by atoms with E-state index in [1.165, 1.54) is 19.3 Å². The number of nitrogens with two attached hydrogens (primary N) is 1. The summed E-state index contributed by atoms with van der Waals surface area (Å²) in [6, 6.07) is 7.99. The lowest BCUT2D eigenvalue weighted by atomic mass is 9.92. The second kappa shape index (κ2) is 7.02. The Balaban J connectivity index is 1.83. The van der Waals surface area contributed by atoms with Gasteiger partial charge in [0.1, 0.15) is 23.4 Å². The Kier molecular flexibility index (Phi) is 5.34. The molecule has 5 heteroatoms. The second-order valence-corrected chi connectivity index (χ2v) is 5.79. The molecule has 0 spiro atoms. The summed E-state index contributed by atoms with van der Waals surface area (Å²) in [5.74, 6) is 0.630. The predicted molar refractivity (Wildman–Crippen MR) is 84.1 cm³/mol. The third kappa shape index (κ3) is 3.91. The van der Waals surface area contributed by atoms with Gasteiger partial charge in [0.2, 0.25) is 0 Å². The molecule has 1 fully saturated rings. The fourth-order valence-corrected chi connectivity index (χ4v) is 2.51. The van der Waals surface area contributed by atoms with E-state index in [4.69, 9.17) is 22.7 Å². The number of ether oxygens (including phenoxy) is 1. The quantitative estimate of drug-likeness (QED) is 0.747. The van der Waals surface area contributed by atoms with Crippen molar-refractivity contribution < 1.29 is 9.84 Å². The standard InChI is InChI=1S/C15H22N2O2S/c1-17(11-5-4-6-11)9-12(18)10-19-14-8-3-2-7-13(14)15(16)20/h2-3,7-8,11-12,18H,4-6,9-10H2,1H3,(H2,16,20). The first-order chi connectivity index (χ1) is 9.58. The third-order valence-corrected chi connectivity index (χ3v) is 4.00. The molecule has 0 radical (unpaired) electrons. The van der Waals surface area contributed by atoms with E-state index in [1.807, 2.05) is 24.3 Å². The first-order valence-corrected chi connectivity index (χ1v) is 7.38. The Morgan fingerprint density at radius 3 is 2.80 bits per heavy atom. The van der Waals surface area contributed by atoms with E-state index < -0.39 is 6.10 Å². The lowest BCUT2D eigenvalue weighted by Crippen LogP contribution is -2.42. The van der Waals surface area contributed by atoms with Gasteiger partial charge < -0.3 is 20.5 Å². The van der Waals surface area contributed by atoms with Crippen LogP contribution in [0.3, 0.4) is 0 Å². The van der Waals surface area contributed by atoms with Crippen LogP contribution >= 0.6 is 12.2 Å². The average Bonchev–Trinajstić information content (AvgIpc) is 2.34. The van der Waals surface area contributed by atoms with E-state index in [2.05, 4.69) is 11.9 Å². The van der Waals surface area contributed by atoms with Crippen LogP contribution in [0.4, 0.5) is 0 Å². The van der Waals surface area contributed by atoms with Crippen LogP contribution in [-0.2, 0) is 0 Å². The lowest BCUT2D eigenvalue weighted by molar-refractivity contribution is 0.0476. The molecule has 1 aromatic carbocycles. The minimum Gasteiger partial charge on any atom is -0.490 e. The minimum absolute atomic E-state index is 0.247. The zero-order chi connectivity index (χ0) is 14.5. The molecule has 2 rings (SSSR count). The number of para-hydroxylation sites is 1. The van der Waals surface area contributed by atoms with Crippen molar-refractivity contribution in [1.82, 2.24) is 4.90 Å². The molecular weight excluding hydrogens is 272 g/mol. The second-order valence-electron chi connectivity index (χ2n) is 5.35. The summed E-state index contributed by atoms with van der Waals surface area (Å²) >= 11 is 4.98. The van der Waals surface area contributed by atoms with Gasteiger partial charge in [-0.1, -0.05) is 30.8 Å². The van der Waals surface area contributed by atoms with Crippen LogP contribution in [0.1, 0.15) is 24.8 Å². The van der Waals surface area contributed by atoms with Gasteiger partial charge in [-0.05, 0) is 32.0 Å². The van der Waals surface area contributed by atoms with Crippen molar-refractivity contribution in [1.29, 1.82) is 0 Å². The zero-order valence-corrected chi connectivity index (χ0v) is 12.6. The summed E-state index contributed by atoms with van der Waals surface area (Å²) in [6.07, 6.45) is 3.24. The van der Waals surface area contributed by atoms with Gasteiger partial charge in [-0.15, -0.1) is 0 Å². The van der Waals surface area contributed by atoms with Gasteiger partial charge in [0.05, 0.1) is 5.56 Å². The van der Waals surface area contributed by atoms with Crippen LogP contribution in [0.25, 0.3) is 0 Å². The van der Waals surface area contributed by atoms with Crippen molar-refractivity contribution in [3.05, 3.63) is 29.8 Å². The Morgan fingerprint density at radius 1 is 1.50 bits per heavy atom. The number of hydrogen-bond donors (Lipinski definition) is 2. The van der Waals surface area contributed by atoms with E-state index in [0.717, 1.165) is 0 Å². The summed E-state index contributed by atoms with van der Waals surface area (Å²) in [4.78, 5) is 2.51. The molecule has 1 aliphatic carbocycles. The van der Waals surface area contributed by atoms with E-state index >= 15 is 0 Å². The first kappa shape index (κ1) is 15.2. The lowest BCUT2D eigenvalue weighted by Gasteiger charge is -2.35. The number of likely N-dealkylation sites (N-methyl/N-ethyl adjacent to an activating group) is 1. The average molecular weight is 294 g/mol. The van der Waals surface area contributed by atoms with Gasteiger partial charge in [0.15, 0.2) is 0 Å². The predicted octanol–water partition coefficient (Wildman–Crippen LogP) is 1.54. The molecule has 1 aliphatic rings. The summed E-state index contributed by atoms with van der Waals surface area (Å²) < 4.78 is 5.65. The summed E-state index contributed by atoms with van der Waals surface area (Å²) in [6.45, 7) is 0.872. The number of aliphatic hydroxyl groups excluding tert-OH is 1. The fraction of sp³-hybridized carbons (Fsp3) is 0.533. The number of rotatable bonds is 7. The van der Waals surface area contributed by atoms with Crippen LogP contribution < -0.4 is 10.5 Å². The van der Waals surface area contributed by atoms with Crippen LogP contribution in [0.5, 0.6) is 5.75 Å². The van der Waals surface area contributed by atoms with Gasteiger partial charge in [0.25, 0.3) is 0 Å². The molecular formula is C15H22N2O2S. The molecule has 20 heavy (non-hydrogen) atoms. The Bertz CT molecular complexity index is 463. The number of hydrogen-bond acceptors (Lipinski definition) is 4. The molecule has 0 amide bonds. The van der Waals surface area contributed by atoms with Crippen LogP contribution in [0, 0.1) is 0 Å². The summed E-state index contributed by atoms with van der Waals surface area (Å²) in [5.41, 5.74) is 6.36. The molecule has 0 saturated heterocycles. The van der Waals surface area contributed by atoms with Crippen molar-refractivity contribution in [2.45, 2.75) is 31.4 Å². The van der Waals surface area contributed by atoms with Gasteiger partial charge in [-0.3, -0.25) is 0 Å². The van der Waals surface area contributed by atoms with Gasteiger partial charge in [-0.25, -0.2) is 0 Å².